The van der Waals surface area contributed by atoms with Crippen molar-refractivity contribution in [2.45, 2.75) is 25.5 Å². The van der Waals surface area contributed by atoms with Crippen molar-refractivity contribution in [2.75, 3.05) is 13.1 Å². The van der Waals surface area contributed by atoms with E-state index in [4.69, 9.17) is 11.6 Å². The Morgan fingerprint density at radius 3 is 2.65 bits per heavy atom. The highest BCUT2D eigenvalue weighted by Gasteiger charge is 2.35. The van der Waals surface area contributed by atoms with Gasteiger partial charge in [-0.3, -0.25) is 4.79 Å². The number of nitrogens with zero attached hydrogens (tertiary/aromatic N) is 4. The Labute approximate surface area is 138 Å². The third-order valence-corrected chi connectivity index (χ3v) is 4.09. The van der Waals surface area contributed by atoms with Crippen LogP contribution in [0.4, 0.5) is 0 Å². The maximum atomic E-state index is 12.3. The molecule has 0 spiro atoms. The van der Waals surface area contributed by atoms with E-state index < -0.39 is 5.60 Å². The fraction of sp³-hybridized carbons (Fsp3) is 0.400. The second-order valence-corrected chi connectivity index (χ2v) is 6.60. The lowest BCUT2D eigenvalue weighted by atomic mass is 10.1. The van der Waals surface area contributed by atoms with E-state index in [1.807, 2.05) is 0 Å². The van der Waals surface area contributed by atoms with Crippen LogP contribution in [-0.4, -0.2) is 49.1 Å². The van der Waals surface area contributed by atoms with Crippen LogP contribution in [0.15, 0.2) is 24.4 Å². The first-order valence-corrected chi connectivity index (χ1v) is 7.56. The number of hydrogen-bond donors (Lipinski definition) is 2. The van der Waals surface area contributed by atoms with Crippen LogP contribution in [0.2, 0.25) is 5.02 Å². The van der Waals surface area contributed by atoms with Crippen molar-refractivity contribution < 1.29 is 15.0 Å². The highest BCUT2D eigenvalue weighted by Crippen LogP contribution is 2.28. The van der Waals surface area contributed by atoms with E-state index in [-0.39, 0.29) is 23.3 Å². The number of carbonyl (C=O) groups excluding carboxylic acids is 1. The fourth-order valence-electron chi connectivity index (χ4n) is 2.38. The third kappa shape index (κ3) is 3.02. The summed E-state index contributed by atoms with van der Waals surface area (Å²) in [4.78, 5) is 13.9. The Kier molecular flexibility index (Phi) is 3.77. The highest BCUT2D eigenvalue weighted by molar-refractivity contribution is 6.30. The number of benzene rings is 1. The number of phenolic OH excluding ortho intramolecular Hbond substituents is 1. The average Bonchev–Trinajstić information content (AvgIpc) is 2.86. The van der Waals surface area contributed by atoms with Crippen LogP contribution < -0.4 is 0 Å². The van der Waals surface area contributed by atoms with Crippen molar-refractivity contribution >= 4 is 17.5 Å². The Hall–Kier alpha value is -2.12. The number of amides is 1. The molecular formula is C15H17ClN4O3. The van der Waals surface area contributed by atoms with Gasteiger partial charge in [0.05, 0.1) is 17.8 Å². The van der Waals surface area contributed by atoms with E-state index >= 15 is 0 Å². The molecule has 1 aromatic carbocycles. The largest absolute Gasteiger partial charge is 0.507 e. The summed E-state index contributed by atoms with van der Waals surface area (Å²) < 4.78 is 1.65. The molecule has 0 aliphatic carbocycles. The van der Waals surface area contributed by atoms with Gasteiger partial charge in [-0.1, -0.05) is 16.8 Å². The lowest BCUT2D eigenvalue weighted by Gasteiger charge is -2.39. The monoisotopic (exact) mass is 336 g/mol. The molecule has 0 radical (unpaired) electrons. The van der Waals surface area contributed by atoms with Gasteiger partial charge >= 0.3 is 0 Å². The Bertz CT molecular complexity index is 747. The summed E-state index contributed by atoms with van der Waals surface area (Å²) in [6.07, 6.45) is 1.69. The topological polar surface area (TPSA) is 91.5 Å². The minimum Gasteiger partial charge on any atom is -0.507 e. The van der Waals surface area contributed by atoms with Gasteiger partial charge in [-0.15, -0.1) is 5.10 Å². The zero-order chi connectivity index (χ0) is 16.8. The molecule has 1 fully saturated rings. The summed E-state index contributed by atoms with van der Waals surface area (Å²) in [5, 5.41) is 28.0. The van der Waals surface area contributed by atoms with E-state index in [2.05, 4.69) is 10.3 Å². The molecule has 1 amide bonds. The van der Waals surface area contributed by atoms with Crippen molar-refractivity contribution in [2.24, 2.45) is 0 Å². The van der Waals surface area contributed by atoms with E-state index in [0.29, 0.717) is 23.8 Å². The van der Waals surface area contributed by atoms with Crippen molar-refractivity contribution in [1.29, 1.82) is 0 Å². The molecule has 2 N–H and O–H groups in total. The number of phenols is 1. The molecule has 0 saturated carbocycles. The smallest absolute Gasteiger partial charge is 0.257 e. The Morgan fingerprint density at radius 1 is 1.39 bits per heavy atom. The normalized spacial score (nSPS) is 15.6. The number of rotatable bonds is 3. The summed E-state index contributed by atoms with van der Waals surface area (Å²) in [5.74, 6) is -0.380. The molecule has 0 bridgehead atoms. The van der Waals surface area contributed by atoms with E-state index in [1.165, 1.54) is 12.1 Å². The van der Waals surface area contributed by atoms with E-state index in [9.17, 15) is 15.0 Å². The second-order valence-electron chi connectivity index (χ2n) is 6.17. The molecule has 1 aliphatic rings. The van der Waals surface area contributed by atoms with Crippen LogP contribution in [0.3, 0.4) is 0 Å². The Morgan fingerprint density at radius 2 is 2.09 bits per heavy atom. The van der Waals surface area contributed by atoms with Crippen LogP contribution in [-0.2, 0) is 5.60 Å². The number of carbonyl (C=O) groups is 1. The zero-order valence-electron chi connectivity index (χ0n) is 12.8. The lowest BCUT2D eigenvalue weighted by molar-refractivity contribution is 0.0493. The van der Waals surface area contributed by atoms with Gasteiger partial charge in [0.2, 0.25) is 0 Å². The number of aromatic nitrogens is 3. The highest BCUT2D eigenvalue weighted by atomic mass is 35.5. The first kappa shape index (κ1) is 15.8. The SMILES string of the molecule is CC(C)(O)c1cn(C2CN(C(=O)c3ccc(Cl)cc3O)C2)nn1. The molecule has 0 unspecified atom stereocenters. The number of likely N-dealkylation sites (tertiary alicyclic amines) is 1. The van der Waals surface area contributed by atoms with Crippen LogP contribution in [0.1, 0.15) is 35.9 Å². The van der Waals surface area contributed by atoms with Crippen molar-refractivity contribution in [1.82, 2.24) is 19.9 Å². The van der Waals surface area contributed by atoms with Crippen molar-refractivity contribution in [3.63, 3.8) is 0 Å². The molecule has 3 rings (SSSR count). The molecule has 2 heterocycles. The van der Waals surface area contributed by atoms with Crippen LogP contribution >= 0.6 is 11.6 Å². The van der Waals surface area contributed by atoms with E-state index in [1.54, 1.807) is 35.7 Å². The molecule has 1 aliphatic heterocycles. The van der Waals surface area contributed by atoms with Crippen molar-refractivity contribution in [3.05, 3.63) is 40.7 Å². The maximum absolute atomic E-state index is 12.3. The van der Waals surface area contributed by atoms with Gasteiger partial charge in [0, 0.05) is 18.1 Å². The van der Waals surface area contributed by atoms with Gasteiger partial charge < -0.3 is 15.1 Å². The Balaban J connectivity index is 1.67. The number of aliphatic hydroxyl groups is 1. The summed E-state index contributed by atoms with van der Waals surface area (Å²) in [6, 6.07) is 4.43. The third-order valence-electron chi connectivity index (χ3n) is 3.85. The molecular weight excluding hydrogens is 320 g/mol. The van der Waals surface area contributed by atoms with Crippen LogP contribution in [0.5, 0.6) is 5.75 Å². The number of hydrogen-bond acceptors (Lipinski definition) is 5. The summed E-state index contributed by atoms with van der Waals surface area (Å²) in [6.45, 7) is 4.22. The van der Waals surface area contributed by atoms with Crippen LogP contribution in [0, 0.1) is 0 Å². The van der Waals surface area contributed by atoms with Gasteiger partial charge in [-0.05, 0) is 32.0 Å². The van der Waals surface area contributed by atoms with Gasteiger partial charge in [-0.2, -0.15) is 0 Å². The van der Waals surface area contributed by atoms with E-state index in [0.717, 1.165) is 0 Å². The summed E-state index contributed by atoms with van der Waals surface area (Å²) in [7, 11) is 0. The second kappa shape index (κ2) is 5.50. The molecule has 1 saturated heterocycles. The predicted molar refractivity (Wildman–Crippen MR) is 83.3 cm³/mol. The van der Waals surface area contributed by atoms with Gasteiger partial charge in [0.1, 0.15) is 17.0 Å². The van der Waals surface area contributed by atoms with Gasteiger partial charge in [0.15, 0.2) is 0 Å². The fourth-order valence-corrected chi connectivity index (χ4v) is 2.55. The number of aromatic hydroxyl groups is 1. The van der Waals surface area contributed by atoms with Gasteiger partial charge in [-0.25, -0.2) is 4.68 Å². The molecule has 122 valence electrons. The molecule has 8 heteroatoms. The zero-order valence-corrected chi connectivity index (χ0v) is 13.5. The summed E-state index contributed by atoms with van der Waals surface area (Å²) >= 11 is 5.77. The molecule has 7 nitrogen and oxygen atoms in total. The minimum atomic E-state index is -1.05. The van der Waals surface area contributed by atoms with Crippen LogP contribution in [0.25, 0.3) is 0 Å². The molecule has 0 atom stereocenters. The predicted octanol–water partition coefficient (Wildman–Crippen LogP) is 1.56. The molecule has 23 heavy (non-hydrogen) atoms. The molecule has 1 aromatic heterocycles. The maximum Gasteiger partial charge on any atom is 0.257 e. The first-order chi connectivity index (χ1) is 10.8. The standard InChI is InChI=1S/C15H17ClN4O3/c1-15(2,23)13-8-20(18-17-13)10-6-19(7-10)14(22)11-4-3-9(16)5-12(11)21/h3-5,8,10,21,23H,6-7H2,1-2H3. The number of halogens is 1. The van der Waals surface area contributed by atoms with Crippen molar-refractivity contribution in [3.8, 4) is 5.75 Å². The lowest BCUT2D eigenvalue weighted by Crippen LogP contribution is -2.50. The average molecular weight is 337 g/mol. The first-order valence-electron chi connectivity index (χ1n) is 7.18. The van der Waals surface area contributed by atoms with Gasteiger partial charge in [0.25, 0.3) is 5.91 Å². The summed E-state index contributed by atoms with van der Waals surface area (Å²) in [5.41, 5.74) is -0.340. The quantitative estimate of drug-likeness (QED) is 0.887. The minimum absolute atomic E-state index is 0.0111. The molecule has 2 aromatic rings.